The lowest BCUT2D eigenvalue weighted by molar-refractivity contribution is 0.446. The van der Waals surface area contributed by atoms with Crippen molar-refractivity contribution in [3.8, 4) is 0 Å². The van der Waals surface area contributed by atoms with Crippen molar-refractivity contribution in [3.05, 3.63) is 17.7 Å². The van der Waals surface area contributed by atoms with Gasteiger partial charge in [-0.2, -0.15) is 0 Å². The first-order valence-corrected chi connectivity index (χ1v) is 5.01. The van der Waals surface area contributed by atoms with E-state index in [2.05, 4.69) is 23.4 Å². The molecular formula is C10H17N3. The molecule has 2 heterocycles. The Morgan fingerprint density at radius 1 is 1.62 bits per heavy atom. The van der Waals surface area contributed by atoms with Crippen LogP contribution in [0.2, 0.25) is 0 Å². The molecule has 0 aliphatic carbocycles. The minimum absolute atomic E-state index is 0.203. The van der Waals surface area contributed by atoms with Gasteiger partial charge in [0.25, 0.3) is 0 Å². The van der Waals surface area contributed by atoms with Crippen LogP contribution in [0.25, 0.3) is 0 Å². The average molecular weight is 179 g/mol. The van der Waals surface area contributed by atoms with Crippen LogP contribution in [-0.2, 0) is 6.54 Å². The molecule has 3 nitrogen and oxygen atoms in total. The van der Waals surface area contributed by atoms with Gasteiger partial charge in [-0.15, -0.1) is 0 Å². The Balaban J connectivity index is 2.41. The normalized spacial score (nSPS) is 22.0. The fourth-order valence-corrected chi connectivity index (χ4v) is 2.02. The number of nitrogens with zero attached hydrogens (tertiary/aromatic N) is 2. The lowest BCUT2D eigenvalue weighted by Gasteiger charge is -2.22. The van der Waals surface area contributed by atoms with Gasteiger partial charge in [-0.1, -0.05) is 13.8 Å². The first kappa shape index (κ1) is 8.75. The van der Waals surface area contributed by atoms with Crippen LogP contribution in [0.4, 0.5) is 0 Å². The number of aromatic nitrogens is 2. The van der Waals surface area contributed by atoms with Gasteiger partial charge < -0.3 is 10.3 Å². The van der Waals surface area contributed by atoms with Gasteiger partial charge >= 0.3 is 0 Å². The monoisotopic (exact) mass is 179 g/mol. The van der Waals surface area contributed by atoms with Crippen molar-refractivity contribution in [1.29, 1.82) is 0 Å². The van der Waals surface area contributed by atoms with E-state index >= 15 is 0 Å². The van der Waals surface area contributed by atoms with Crippen LogP contribution >= 0.6 is 0 Å². The maximum absolute atomic E-state index is 6.00. The van der Waals surface area contributed by atoms with E-state index in [-0.39, 0.29) is 6.04 Å². The molecule has 0 radical (unpaired) electrons. The van der Waals surface area contributed by atoms with Crippen LogP contribution in [-0.4, -0.2) is 9.55 Å². The van der Waals surface area contributed by atoms with Gasteiger partial charge in [0, 0.05) is 18.5 Å². The molecule has 1 atom stereocenters. The number of hydrogen-bond acceptors (Lipinski definition) is 2. The Kier molecular flexibility index (Phi) is 2.12. The lowest BCUT2D eigenvalue weighted by Crippen LogP contribution is -2.22. The summed E-state index contributed by atoms with van der Waals surface area (Å²) in [5.74, 6) is 1.68. The number of fused-ring (bicyclic) bond motifs is 1. The molecule has 1 unspecified atom stereocenters. The molecule has 1 aliphatic heterocycles. The van der Waals surface area contributed by atoms with E-state index in [4.69, 9.17) is 5.73 Å². The summed E-state index contributed by atoms with van der Waals surface area (Å²) < 4.78 is 2.29. The number of nitrogens with two attached hydrogens (primary N) is 1. The summed E-state index contributed by atoms with van der Waals surface area (Å²) in [6, 6.07) is 0.203. The van der Waals surface area contributed by atoms with Crippen LogP contribution in [0.3, 0.4) is 0 Å². The van der Waals surface area contributed by atoms with Crippen molar-refractivity contribution < 1.29 is 0 Å². The van der Waals surface area contributed by atoms with Crippen molar-refractivity contribution >= 4 is 0 Å². The molecular weight excluding hydrogens is 162 g/mol. The summed E-state index contributed by atoms with van der Waals surface area (Å²) >= 11 is 0. The van der Waals surface area contributed by atoms with E-state index in [0.717, 1.165) is 13.0 Å². The van der Waals surface area contributed by atoms with Gasteiger partial charge in [0.15, 0.2) is 0 Å². The molecule has 0 saturated heterocycles. The van der Waals surface area contributed by atoms with Crippen LogP contribution < -0.4 is 5.73 Å². The van der Waals surface area contributed by atoms with Crippen molar-refractivity contribution in [2.24, 2.45) is 5.73 Å². The van der Waals surface area contributed by atoms with Crippen LogP contribution in [0.15, 0.2) is 6.20 Å². The summed E-state index contributed by atoms with van der Waals surface area (Å²) in [5, 5.41) is 0. The zero-order valence-electron chi connectivity index (χ0n) is 8.33. The summed E-state index contributed by atoms with van der Waals surface area (Å²) in [4.78, 5) is 4.43. The number of hydrogen-bond donors (Lipinski definition) is 1. The Labute approximate surface area is 79.0 Å². The Morgan fingerprint density at radius 3 is 3.08 bits per heavy atom. The van der Waals surface area contributed by atoms with Crippen molar-refractivity contribution in [2.45, 2.75) is 45.2 Å². The number of imidazole rings is 1. The van der Waals surface area contributed by atoms with E-state index in [1.807, 2.05) is 6.20 Å². The van der Waals surface area contributed by atoms with Gasteiger partial charge in [-0.3, -0.25) is 0 Å². The molecule has 3 heteroatoms. The summed E-state index contributed by atoms with van der Waals surface area (Å²) in [7, 11) is 0. The molecule has 0 saturated carbocycles. The van der Waals surface area contributed by atoms with Gasteiger partial charge in [0.05, 0.1) is 11.9 Å². The first-order valence-electron chi connectivity index (χ1n) is 5.01. The third-order valence-corrected chi connectivity index (χ3v) is 2.71. The smallest absolute Gasteiger partial charge is 0.111 e. The molecule has 13 heavy (non-hydrogen) atoms. The molecule has 0 aromatic carbocycles. The SMILES string of the molecule is CC(C)c1ncc2n1CCCC2N. The summed E-state index contributed by atoms with van der Waals surface area (Å²) in [6.45, 7) is 5.45. The maximum atomic E-state index is 6.00. The van der Waals surface area contributed by atoms with E-state index in [1.165, 1.54) is 17.9 Å². The Bertz CT molecular complexity index is 288. The predicted molar refractivity (Wildman–Crippen MR) is 52.5 cm³/mol. The highest BCUT2D eigenvalue weighted by Gasteiger charge is 2.20. The molecule has 0 bridgehead atoms. The minimum Gasteiger partial charge on any atom is -0.330 e. The lowest BCUT2D eigenvalue weighted by atomic mass is 10.1. The average Bonchev–Trinajstić information content (AvgIpc) is 2.48. The summed E-state index contributed by atoms with van der Waals surface area (Å²) in [6.07, 6.45) is 4.23. The maximum Gasteiger partial charge on any atom is 0.111 e. The van der Waals surface area contributed by atoms with E-state index in [1.54, 1.807) is 0 Å². The van der Waals surface area contributed by atoms with Gasteiger partial charge in [0.2, 0.25) is 0 Å². The van der Waals surface area contributed by atoms with Crippen molar-refractivity contribution in [2.75, 3.05) is 0 Å². The van der Waals surface area contributed by atoms with Crippen LogP contribution in [0.1, 0.15) is 50.2 Å². The minimum atomic E-state index is 0.203. The Morgan fingerprint density at radius 2 is 2.38 bits per heavy atom. The molecule has 1 aromatic rings. The van der Waals surface area contributed by atoms with Crippen LogP contribution in [0.5, 0.6) is 0 Å². The zero-order chi connectivity index (χ0) is 9.42. The topological polar surface area (TPSA) is 43.8 Å². The Hall–Kier alpha value is -0.830. The second-order valence-electron chi connectivity index (χ2n) is 4.10. The van der Waals surface area contributed by atoms with Crippen molar-refractivity contribution in [1.82, 2.24) is 9.55 Å². The fraction of sp³-hybridized carbons (Fsp3) is 0.700. The molecule has 0 spiro atoms. The third kappa shape index (κ3) is 1.37. The second kappa shape index (κ2) is 3.14. The molecule has 1 aromatic heterocycles. The molecule has 72 valence electrons. The predicted octanol–water partition coefficient (Wildman–Crippen LogP) is 1.80. The molecule has 2 N–H and O–H groups in total. The molecule has 0 amide bonds. The first-order chi connectivity index (χ1) is 6.20. The molecule has 2 rings (SSSR count). The van der Waals surface area contributed by atoms with Gasteiger partial charge in [0.1, 0.15) is 5.82 Å². The van der Waals surface area contributed by atoms with E-state index < -0.39 is 0 Å². The van der Waals surface area contributed by atoms with E-state index in [9.17, 15) is 0 Å². The van der Waals surface area contributed by atoms with Gasteiger partial charge in [-0.25, -0.2) is 4.98 Å². The highest BCUT2D eigenvalue weighted by molar-refractivity contribution is 5.13. The standard InChI is InChI=1S/C10H17N3/c1-7(2)10-12-6-9-8(11)4-3-5-13(9)10/h6-8H,3-5,11H2,1-2H3. The number of rotatable bonds is 1. The van der Waals surface area contributed by atoms with Gasteiger partial charge in [-0.05, 0) is 12.8 Å². The quantitative estimate of drug-likeness (QED) is 0.714. The van der Waals surface area contributed by atoms with Crippen molar-refractivity contribution in [3.63, 3.8) is 0 Å². The third-order valence-electron chi connectivity index (χ3n) is 2.71. The molecule has 1 aliphatic rings. The largest absolute Gasteiger partial charge is 0.330 e. The highest BCUT2D eigenvalue weighted by Crippen LogP contribution is 2.26. The highest BCUT2D eigenvalue weighted by atomic mass is 15.1. The van der Waals surface area contributed by atoms with Crippen LogP contribution in [0, 0.1) is 0 Å². The summed E-state index contributed by atoms with van der Waals surface area (Å²) in [5.41, 5.74) is 7.22. The molecule has 0 fully saturated rings. The fourth-order valence-electron chi connectivity index (χ4n) is 2.02. The van der Waals surface area contributed by atoms with E-state index in [0.29, 0.717) is 5.92 Å². The second-order valence-corrected chi connectivity index (χ2v) is 4.10. The zero-order valence-corrected chi connectivity index (χ0v) is 8.33.